The summed E-state index contributed by atoms with van der Waals surface area (Å²) in [6.45, 7) is 10.5. The van der Waals surface area contributed by atoms with Gasteiger partial charge in [-0.25, -0.2) is 0 Å². The zero-order valence-corrected chi connectivity index (χ0v) is 14.6. The van der Waals surface area contributed by atoms with Crippen molar-refractivity contribution in [2.24, 2.45) is 0 Å². The van der Waals surface area contributed by atoms with Gasteiger partial charge >= 0.3 is 0 Å². The summed E-state index contributed by atoms with van der Waals surface area (Å²) in [5, 5.41) is 2.53. The molecule has 0 fully saturated rings. The second kappa shape index (κ2) is 7.92. The van der Waals surface area contributed by atoms with E-state index in [-0.39, 0.29) is 0 Å². The van der Waals surface area contributed by atoms with Crippen molar-refractivity contribution in [1.29, 1.82) is 0 Å². The van der Waals surface area contributed by atoms with Gasteiger partial charge in [-0.3, -0.25) is 0 Å². The molecule has 0 saturated carbocycles. The fraction of sp³-hybridized carbons (Fsp3) is 0.143. The predicted octanol–water partition coefficient (Wildman–Crippen LogP) is 5.95. The van der Waals surface area contributed by atoms with E-state index in [1.807, 2.05) is 6.92 Å². The molecule has 22 heavy (non-hydrogen) atoms. The van der Waals surface area contributed by atoms with E-state index >= 15 is 0 Å². The highest BCUT2D eigenvalue weighted by Gasteiger charge is 2.03. The van der Waals surface area contributed by atoms with Crippen molar-refractivity contribution in [2.75, 3.05) is 0 Å². The van der Waals surface area contributed by atoms with E-state index in [1.165, 1.54) is 32.9 Å². The molecule has 0 N–H and O–H groups in total. The predicted molar refractivity (Wildman–Crippen MR) is 103 cm³/mol. The maximum atomic E-state index is 4.26. The van der Waals surface area contributed by atoms with Gasteiger partial charge in [-0.15, -0.1) is 0 Å². The van der Waals surface area contributed by atoms with Gasteiger partial charge in [0.15, 0.2) is 0 Å². The quantitative estimate of drug-likeness (QED) is 0.473. The third-order valence-corrected chi connectivity index (χ3v) is 4.73. The molecule has 0 aliphatic heterocycles. The topological polar surface area (TPSA) is 0 Å². The summed E-state index contributed by atoms with van der Waals surface area (Å²) in [5.41, 5.74) is 5.02. The molecule has 0 spiro atoms. The Morgan fingerprint density at radius 1 is 1.00 bits per heavy atom. The minimum atomic E-state index is 0.621. The Morgan fingerprint density at radius 2 is 1.68 bits per heavy atom. The molecule has 1 unspecified atom stereocenters. The molecule has 0 radical (unpaired) electrons. The number of rotatable bonds is 5. The zero-order chi connectivity index (χ0) is 15.9. The van der Waals surface area contributed by atoms with Crippen LogP contribution in [0.15, 0.2) is 73.3 Å². The van der Waals surface area contributed by atoms with E-state index in [0.29, 0.717) is 8.58 Å². The largest absolute Gasteiger partial charge is 0.0906 e. The van der Waals surface area contributed by atoms with E-state index < -0.39 is 0 Å². The highest BCUT2D eigenvalue weighted by molar-refractivity contribution is 7.58. The summed E-state index contributed by atoms with van der Waals surface area (Å²) in [6.07, 6.45) is 6.35. The van der Waals surface area contributed by atoms with Gasteiger partial charge in [0.2, 0.25) is 0 Å². The van der Waals surface area contributed by atoms with Gasteiger partial charge in [0.25, 0.3) is 0 Å². The summed E-state index contributed by atoms with van der Waals surface area (Å²) < 4.78 is 0. The number of benzene rings is 2. The van der Waals surface area contributed by atoms with Gasteiger partial charge < -0.3 is 0 Å². The lowest BCUT2D eigenvalue weighted by molar-refractivity contribution is 1.50. The van der Waals surface area contributed by atoms with Crippen LogP contribution in [0.3, 0.4) is 0 Å². The van der Waals surface area contributed by atoms with Crippen molar-refractivity contribution in [3.05, 3.63) is 90.0 Å². The lowest BCUT2D eigenvalue weighted by Crippen LogP contribution is -1.94. The molecule has 0 heterocycles. The van der Waals surface area contributed by atoms with E-state index in [2.05, 4.69) is 87.2 Å². The highest BCUT2D eigenvalue weighted by Crippen LogP contribution is 2.32. The Morgan fingerprint density at radius 3 is 2.27 bits per heavy atom. The Kier molecular flexibility index (Phi) is 5.92. The molecule has 0 nitrogen and oxygen atoms in total. The molecule has 0 aliphatic carbocycles. The summed E-state index contributed by atoms with van der Waals surface area (Å²) in [4.78, 5) is 0. The fourth-order valence-electron chi connectivity index (χ4n) is 2.37. The average molecular weight is 306 g/mol. The Bertz CT molecular complexity index is 703. The molecule has 0 aliphatic rings. The van der Waals surface area contributed by atoms with Crippen molar-refractivity contribution < 1.29 is 0 Å². The summed E-state index contributed by atoms with van der Waals surface area (Å²) in [6, 6.07) is 17.4. The third-order valence-electron chi connectivity index (χ3n) is 3.54. The van der Waals surface area contributed by atoms with Crippen molar-refractivity contribution in [2.45, 2.75) is 20.8 Å². The Balaban J connectivity index is 2.14. The molecule has 2 aromatic carbocycles. The zero-order valence-electron chi connectivity index (χ0n) is 13.6. The lowest BCUT2D eigenvalue weighted by Gasteiger charge is -2.09. The van der Waals surface area contributed by atoms with Crippen LogP contribution >= 0.6 is 8.58 Å². The smallest absolute Gasteiger partial charge is 0.0184 e. The molecule has 0 aromatic heterocycles. The first-order chi connectivity index (χ1) is 10.6. The normalized spacial score (nSPS) is 12.4. The van der Waals surface area contributed by atoms with Crippen LogP contribution in [0.1, 0.15) is 30.5 Å². The second-order valence-electron chi connectivity index (χ2n) is 5.29. The number of hydrogen-bond acceptors (Lipinski definition) is 0. The molecule has 2 rings (SSSR count). The first kappa shape index (κ1) is 16.5. The first-order valence-corrected chi connectivity index (χ1v) is 8.56. The van der Waals surface area contributed by atoms with Crippen LogP contribution in [0.25, 0.3) is 10.9 Å². The molecule has 1 heteroatoms. The van der Waals surface area contributed by atoms with Gasteiger partial charge in [-0.1, -0.05) is 87.5 Å². The number of allylic oxidation sites excluding steroid dienone is 4. The van der Waals surface area contributed by atoms with Crippen LogP contribution in [0, 0.1) is 6.92 Å². The van der Waals surface area contributed by atoms with Crippen molar-refractivity contribution in [3.8, 4) is 0 Å². The Hall–Kier alpha value is -1.91. The fourth-order valence-corrected chi connectivity index (χ4v) is 3.51. The minimum absolute atomic E-state index is 0.621. The van der Waals surface area contributed by atoms with E-state index in [4.69, 9.17) is 0 Å². The van der Waals surface area contributed by atoms with Crippen LogP contribution in [0.2, 0.25) is 0 Å². The van der Waals surface area contributed by atoms with Gasteiger partial charge in [-0.05, 0) is 48.1 Å². The average Bonchev–Trinajstić information content (AvgIpc) is 2.53. The standard InChI is InChI=1S/C21H23P/c1-5-8-18(6-2)20-13-11-19(12-14-20)17(4)22-21-10-7-9-16(3)15-21/h5-15,22H,4H2,1-3H3/b8-5-,18-6+. The maximum Gasteiger partial charge on any atom is -0.0184 e. The molecular formula is C21H23P. The van der Waals surface area contributed by atoms with Gasteiger partial charge in [0.05, 0.1) is 0 Å². The molecule has 0 amide bonds. The van der Waals surface area contributed by atoms with Crippen LogP contribution in [-0.2, 0) is 0 Å². The number of hydrogen-bond donors (Lipinski definition) is 0. The lowest BCUT2D eigenvalue weighted by atomic mass is 10.0. The van der Waals surface area contributed by atoms with Crippen molar-refractivity contribution in [3.63, 3.8) is 0 Å². The van der Waals surface area contributed by atoms with E-state index in [0.717, 1.165) is 0 Å². The van der Waals surface area contributed by atoms with Gasteiger partial charge in [0.1, 0.15) is 0 Å². The Labute approximate surface area is 136 Å². The van der Waals surface area contributed by atoms with E-state index in [9.17, 15) is 0 Å². The summed E-state index contributed by atoms with van der Waals surface area (Å²) in [7, 11) is 0.621. The molecule has 2 aromatic rings. The third kappa shape index (κ3) is 4.29. The van der Waals surface area contributed by atoms with Crippen LogP contribution < -0.4 is 5.30 Å². The van der Waals surface area contributed by atoms with Crippen LogP contribution in [0.4, 0.5) is 0 Å². The second-order valence-corrected chi connectivity index (χ2v) is 6.73. The van der Waals surface area contributed by atoms with Crippen molar-refractivity contribution in [1.82, 2.24) is 0 Å². The summed E-state index contributed by atoms with van der Waals surface area (Å²) >= 11 is 0. The number of aryl methyl sites for hydroxylation is 1. The molecule has 112 valence electrons. The van der Waals surface area contributed by atoms with Gasteiger partial charge in [0, 0.05) is 0 Å². The van der Waals surface area contributed by atoms with E-state index in [1.54, 1.807) is 0 Å². The molecule has 0 bridgehead atoms. The monoisotopic (exact) mass is 306 g/mol. The molecular weight excluding hydrogens is 283 g/mol. The molecule has 1 atom stereocenters. The summed E-state index contributed by atoms with van der Waals surface area (Å²) in [5.74, 6) is 0. The maximum absolute atomic E-state index is 4.26. The van der Waals surface area contributed by atoms with Gasteiger partial charge in [-0.2, -0.15) is 0 Å². The van der Waals surface area contributed by atoms with Crippen molar-refractivity contribution >= 4 is 24.8 Å². The highest BCUT2D eigenvalue weighted by atomic mass is 31.1. The molecule has 0 saturated heterocycles. The van der Waals surface area contributed by atoms with Crippen LogP contribution in [0.5, 0.6) is 0 Å². The van der Waals surface area contributed by atoms with Crippen LogP contribution in [-0.4, -0.2) is 0 Å². The first-order valence-electron chi connectivity index (χ1n) is 7.56. The minimum Gasteiger partial charge on any atom is -0.0906 e. The SMILES string of the molecule is C=C(Pc1cccc(C)c1)c1ccc(C(/C=C\C)=C/C)cc1.